The predicted octanol–water partition coefficient (Wildman–Crippen LogP) is 2.23. The van der Waals surface area contributed by atoms with Crippen molar-refractivity contribution >= 4 is 17.4 Å². The molecule has 32 heavy (non-hydrogen) atoms. The van der Waals surface area contributed by atoms with Crippen LogP contribution in [-0.4, -0.2) is 61.4 Å². The van der Waals surface area contributed by atoms with Gasteiger partial charge in [0, 0.05) is 75.0 Å². The number of carbonyl (C=O) groups excluding carboxylic acids is 1. The van der Waals surface area contributed by atoms with Crippen molar-refractivity contribution in [2.24, 2.45) is 0 Å². The second-order valence-electron chi connectivity index (χ2n) is 8.09. The topological polar surface area (TPSA) is 100 Å². The van der Waals surface area contributed by atoms with Crippen molar-refractivity contribution < 1.29 is 9.18 Å². The Morgan fingerprint density at radius 3 is 2.66 bits per heavy atom. The van der Waals surface area contributed by atoms with Gasteiger partial charge in [0.15, 0.2) is 11.6 Å². The molecule has 164 valence electrons. The predicted molar refractivity (Wildman–Crippen MR) is 116 cm³/mol. The highest BCUT2D eigenvalue weighted by atomic mass is 19.1. The van der Waals surface area contributed by atoms with E-state index in [4.69, 9.17) is 0 Å². The number of likely N-dealkylation sites (tertiary alicyclic amines) is 1. The molecule has 1 saturated heterocycles. The second kappa shape index (κ2) is 8.10. The Balaban J connectivity index is 1.35. The summed E-state index contributed by atoms with van der Waals surface area (Å²) in [4.78, 5) is 36.9. The van der Waals surface area contributed by atoms with Gasteiger partial charge in [-0.15, -0.1) is 0 Å². The molecular weight excluding hydrogens is 411 g/mol. The summed E-state index contributed by atoms with van der Waals surface area (Å²) in [6, 6.07) is 5.04. The Kier molecular flexibility index (Phi) is 5.12. The molecule has 1 atom stereocenters. The summed E-state index contributed by atoms with van der Waals surface area (Å²) in [6.07, 6.45) is 5.81. The van der Waals surface area contributed by atoms with Crippen LogP contribution in [0.25, 0.3) is 11.6 Å². The number of carbonyl (C=O) groups is 1. The Morgan fingerprint density at radius 2 is 1.91 bits per heavy atom. The number of nitrogens with one attached hydrogen (secondary N) is 1. The molecule has 0 spiro atoms. The van der Waals surface area contributed by atoms with Crippen LogP contribution in [0.3, 0.4) is 0 Å². The van der Waals surface area contributed by atoms with E-state index in [9.17, 15) is 9.18 Å². The highest BCUT2D eigenvalue weighted by Crippen LogP contribution is 2.33. The van der Waals surface area contributed by atoms with Crippen LogP contribution in [-0.2, 0) is 11.2 Å². The molecule has 10 heteroatoms. The fourth-order valence-electron chi connectivity index (χ4n) is 4.18. The van der Waals surface area contributed by atoms with Crippen LogP contribution in [0.1, 0.15) is 31.1 Å². The molecule has 2 aliphatic heterocycles. The summed E-state index contributed by atoms with van der Waals surface area (Å²) in [5, 5.41) is 3.30. The smallest absolute Gasteiger partial charge is 0.219 e. The normalized spacial score (nSPS) is 18.2. The van der Waals surface area contributed by atoms with E-state index in [1.165, 1.54) is 6.07 Å². The van der Waals surface area contributed by atoms with Crippen molar-refractivity contribution in [1.82, 2.24) is 29.8 Å². The number of aromatic nitrogens is 5. The van der Waals surface area contributed by atoms with Crippen molar-refractivity contribution in [2.75, 3.05) is 29.9 Å². The molecule has 2 aliphatic rings. The Bertz CT molecular complexity index is 1150. The summed E-state index contributed by atoms with van der Waals surface area (Å²) in [5.74, 6) is 1.06. The van der Waals surface area contributed by atoms with Crippen LogP contribution >= 0.6 is 0 Å². The van der Waals surface area contributed by atoms with Gasteiger partial charge in [-0.2, -0.15) is 4.39 Å². The van der Waals surface area contributed by atoms with Gasteiger partial charge in [-0.3, -0.25) is 4.79 Å². The van der Waals surface area contributed by atoms with Gasteiger partial charge >= 0.3 is 0 Å². The minimum absolute atomic E-state index is 0.0506. The minimum Gasteiger partial charge on any atom is -0.378 e. The minimum atomic E-state index is -0.543. The lowest BCUT2D eigenvalue weighted by Gasteiger charge is -2.40. The highest BCUT2D eigenvalue weighted by molar-refractivity contribution is 5.74. The maximum Gasteiger partial charge on any atom is 0.219 e. The standard InChI is InChI=1S/C22H23FN8O/c1-13-17-10-26-22(21-24-5-3-6-25-21)28-18(17)4-7-31(13)20-9-15(8-19(23)29-20)27-16-11-30(12-16)14(2)32/h3,5-6,8-10,13,16H,4,7,11-12H2,1-2H3,(H,27,29). The number of hydrogen-bond donors (Lipinski definition) is 1. The van der Waals surface area contributed by atoms with Crippen molar-refractivity contribution in [2.45, 2.75) is 32.4 Å². The van der Waals surface area contributed by atoms with E-state index < -0.39 is 5.95 Å². The van der Waals surface area contributed by atoms with Crippen LogP contribution < -0.4 is 10.2 Å². The number of amides is 1. The first-order valence-corrected chi connectivity index (χ1v) is 10.6. The fraction of sp³-hybridized carbons (Fsp3) is 0.364. The zero-order valence-corrected chi connectivity index (χ0v) is 17.9. The molecule has 0 saturated carbocycles. The third kappa shape index (κ3) is 3.83. The van der Waals surface area contributed by atoms with E-state index in [1.54, 1.807) is 36.5 Å². The quantitative estimate of drug-likeness (QED) is 0.624. The highest BCUT2D eigenvalue weighted by Gasteiger charge is 2.30. The third-order valence-electron chi connectivity index (χ3n) is 5.95. The lowest BCUT2D eigenvalue weighted by Crippen LogP contribution is -2.56. The van der Waals surface area contributed by atoms with E-state index in [0.29, 0.717) is 49.2 Å². The molecule has 0 radical (unpaired) electrons. The molecule has 5 rings (SSSR count). The second-order valence-corrected chi connectivity index (χ2v) is 8.09. The fourth-order valence-corrected chi connectivity index (χ4v) is 4.18. The third-order valence-corrected chi connectivity index (χ3v) is 5.95. The van der Waals surface area contributed by atoms with E-state index in [1.807, 2.05) is 13.0 Å². The zero-order chi connectivity index (χ0) is 22.2. The van der Waals surface area contributed by atoms with Gasteiger partial charge in [0.05, 0.1) is 17.8 Å². The van der Waals surface area contributed by atoms with Gasteiger partial charge in [-0.1, -0.05) is 0 Å². The van der Waals surface area contributed by atoms with Crippen LogP contribution in [0, 0.1) is 5.95 Å². The SMILES string of the molecule is CC(=O)N1CC(Nc2cc(F)nc(N3CCc4nc(-c5ncccn5)ncc4C3C)c2)C1. The molecule has 0 aromatic carbocycles. The van der Waals surface area contributed by atoms with Crippen molar-refractivity contribution in [3.8, 4) is 11.6 Å². The lowest BCUT2D eigenvalue weighted by molar-refractivity contribution is -0.132. The Labute approximate surface area is 184 Å². The largest absolute Gasteiger partial charge is 0.378 e. The molecule has 9 nitrogen and oxygen atoms in total. The first-order valence-electron chi connectivity index (χ1n) is 10.6. The number of pyridine rings is 1. The maximum atomic E-state index is 14.3. The van der Waals surface area contributed by atoms with Gasteiger partial charge in [0.1, 0.15) is 5.82 Å². The average Bonchev–Trinajstić information content (AvgIpc) is 2.76. The molecule has 3 aromatic rings. The number of nitrogens with zero attached hydrogens (tertiary/aromatic N) is 7. The molecule has 0 bridgehead atoms. The molecule has 5 heterocycles. The Hall–Kier alpha value is -3.69. The summed E-state index contributed by atoms with van der Waals surface area (Å²) < 4.78 is 14.3. The van der Waals surface area contributed by atoms with Crippen molar-refractivity contribution in [3.05, 3.63) is 54.0 Å². The van der Waals surface area contributed by atoms with E-state index in [-0.39, 0.29) is 18.0 Å². The van der Waals surface area contributed by atoms with Crippen molar-refractivity contribution in [1.29, 1.82) is 0 Å². The van der Waals surface area contributed by atoms with Gasteiger partial charge in [-0.25, -0.2) is 24.9 Å². The van der Waals surface area contributed by atoms with Crippen LogP contribution in [0.15, 0.2) is 36.8 Å². The summed E-state index contributed by atoms with van der Waals surface area (Å²) in [5.41, 5.74) is 2.58. The van der Waals surface area contributed by atoms with Gasteiger partial charge < -0.3 is 15.1 Å². The Morgan fingerprint density at radius 1 is 1.12 bits per heavy atom. The molecule has 0 aliphatic carbocycles. The molecule has 1 fully saturated rings. The molecular formula is C22H23FN8O. The average molecular weight is 434 g/mol. The summed E-state index contributed by atoms with van der Waals surface area (Å²) >= 11 is 0. The van der Waals surface area contributed by atoms with Gasteiger partial charge in [0.25, 0.3) is 0 Å². The zero-order valence-electron chi connectivity index (χ0n) is 17.9. The lowest BCUT2D eigenvalue weighted by atomic mass is 9.99. The van der Waals surface area contributed by atoms with E-state index >= 15 is 0 Å². The number of anilines is 2. The van der Waals surface area contributed by atoms with Gasteiger partial charge in [0.2, 0.25) is 11.9 Å². The van der Waals surface area contributed by atoms with Gasteiger partial charge in [-0.05, 0) is 13.0 Å². The summed E-state index contributed by atoms with van der Waals surface area (Å²) in [7, 11) is 0. The van der Waals surface area contributed by atoms with E-state index in [2.05, 4.69) is 35.1 Å². The van der Waals surface area contributed by atoms with Crippen LogP contribution in [0.4, 0.5) is 15.9 Å². The first kappa shape index (κ1) is 20.2. The molecule has 3 aromatic heterocycles. The van der Waals surface area contributed by atoms with Crippen LogP contribution in [0.2, 0.25) is 0 Å². The number of hydrogen-bond acceptors (Lipinski definition) is 8. The monoisotopic (exact) mass is 434 g/mol. The molecule has 1 unspecified atom stereocenters. The molecule has 1 amide bonds. The molecule has 1 N–H and O–H groups in total. The first-order chi connectivity index (χ1) is 15.5. The number of halogens is 1. The number of rotatable bonds is 4. The van der Waals surface area contributed by atoms with Crippen LogP contribution in [0.5, 0.6) is 0 Å². The number of fused-ring (bicyclic) bond motifs is 1. The summed E-state index contributed by atoms with van der Waals surface area (Å²) in [6.45, 7) is 5.48. The van der Waals surface area contributed by atoms with Crippen molar-refractivity contribution in [3.63, 3.8) is 0 Å². The van der Waals surface area contributed by atoms with E-state index in [0.717, 1.165) is 11.3 Å². The maximum absolute atomic E-state index is 14.3.